The third-order valence-corrected chi connectivity index (χ3v) is 5.22. The molecule has 30 heavy (non-hydrogen) atoms. The van der Waals surface area contributed by atoms with Crippen LogP contribution in [0.2, 0.25) is 0 Å². The van der Waals surface area contributed by atoms with E-state index in [9.17, 15) is 20.2 Å². The second-order valence-electron chi connectivity index (χ2n) is 7.32. The van der Waals surface area contributed by atoms with Crippen molar-refractivity contribution < 1.29 is 9.85 Å². The van der Waals surface area contributed by atoms with E-state index in [1.165, 1.54) is 24.3 Å². The molecule has 8 heteroatoms. The summed E-state index contributed by atoms with van der Waals surface area (Å²) in [6.45, 7) is 2.01. The Hall–Kier alpha value is -4.07. The Morgan fingerprint density at radius 3 is 2.03 bits per heavy atom. The molecule has 1 atom stereocenters. The summed E-state index contributed by atoms with van der Waals surface area (Å²) in [7, 11) is 0. The lowest BCUT2D eigenvalue weighted by Gasteiger charge is -2.32. The molecule has 1 unspecified atom stereocenters. The van der Waals surface area contributed by atoms with E-state index in [2.05, 4.69) is 5.32 Å². The van der Waals surface area contributed by atoms with Crippen LogP contribution < -0.4 is 5.32 Å². The molecule has 1 N–H and O–H groups in total. The molecule has 0 saturated carbocycles. The summed E-state index contributed by atoms with van der Waals surface area (Å²) in [4.78, 5) is 26.0. The lowest BCUT2D eigenvalue weighted by molar-refractivity contribution is -0.385. The van der Waals surface area contributed by atoms with Crippen molar-refractivity contribution in [2.75, 3.05) is 5.32 Å². The molecule has 0 fully saturated rings. The van der Waals surface area contributed by atoms with Crippen LogP contribution in [0.15, 0.2) is 77.8 Å². The van der Waals surface area contributed by atoms with Crippen LogP contribution in [-0.2, 0) is 5.54 Å². The maximum absolute atomic E-state index is 11.0. The van der Waals surface area contributed by atoms with Gasteiger partial charge in [0.1, 0.15) is 0 Å². The highest BCUT2D eigenvalue weighted by Crippen LogP contribution is 2.39. The predicted molar refractivity (Wildman–Crippen MR) is 114 cm³/mol. The van der Waals surface area contributed by atoms with Crippen LogP contribution in [0.4, 0.5) is 22.7 Å². The van der Waals surface area contributed by atoms with Crippen LogP contribution in [0.1, 0.15) is 24.5 Å². The summed E-state index contributed by atoms with van der Waals surface area (Å²) in [6, 6.07) is 20.4. The number of hydrogen-bond donors (Lipinski definition) is 1. The van der Waals surface area contributed by atoms with E-state index in [0.717, 1.165) is 28.2 Å². The molecule has 1 aliphatic rings. The molecule has 3 aromatic carbocycles. The van der Waals surface area contributed by atoms with Gasteiger partial charge < -0.3 is 5.32 Å². The lowest BCUT2D eigenvalue weighted by atomic mass is 9.85. The first-order valence-electron chi connectivity index (χ1n) is 9.30. The fraction of sp³-hybridized carbons (Fsp3) is 0.136. The SMILES string of the molecule is CC1(c2ccc([N+](=O)[O-])cc2)CC(c2ccc([N+](=O)[O-])cc2)=Nc2ccccc2N1. The highest BCUT2D eigenvalue weighted by atomic mass is 16.6. The van der Waals surface area contributed by atoms with Crippen molar-refractivity contribution in [1.29, 1.82) is 0 Å². The van der Waals surface area contributed by atoms with E-state index in [1.807, 2.05) is 31.2 Å². The van der Waals surface area contributed by atoms with Gasteiger partial charge in [-0.15, -0.1) is 0 Å². The summed E-state index contributed by atoms with van der Waals surface area (Å²) in [5, 5.41) is 25.5. The minimum absolute atomic E-state index is 0.0182. The highest BCUT2D eigenvalue weighted by Gasteiger charge is 2.32. The van der Waals surface area contributed by atoms with Crippen LogP contribution in [0, 0.1) is 20.2 Å². The third kappa shape index (κ3) is 3.62. The average Bonchev–Trinajstić information content (AvgIpc) is 2.90. The number of nitrogens with one attached hydrogen (secondary N) is 1. The van der Waals surface area contributed by atoms with Crippen molar-refractivity contribution in [2.45, 2.75) is 18.9 Å². The van der Waals surface area contributed by atoms with Gasteiger partial charge in [0.05, 0.1) is 32.5 Å². The Morgan fingerprint density at radius 2 is 1.43 bits per heavy atom. The zero-order chi connectivity index (χ0) is 21.3. The van der Waals surface area contributed by atoms with Gasteiger partial charge in [0.2, 0.25) is 0 Å². The van der Waals surface area contributed by atoms with Gasteiger partial charge in [0.25, 0.3) is 11.4 Å². The quantitative estimate of drug-likeness (QED) is 0.467. The van der Waals surface area contributed by atoms with Gasteiger partial charge in [-0.05, 0) is 54.4 Å². The maximum Gasteiger partial charge on any atom is 0.269 e. The first kappa shape index (κ1) is 19.3. The van der Waals surface area contributed by atoms with Crippen molar-refractivity contribution in [1.82, 2.24) is 0 Å². The molecule has 0 saturated heterocycles. The molecule has 3 aromatic rings. The predicted octanol–water partition coefficient (Wildman–Crippen LogP) is 5.35. The minimum atomic E-state index is -0.595. The summed E-state index contributed by atoms with van der Waals surface area (Å²) >= 11 is 0. The Labute approximate surface area is 172 Å². The number of anilines is 1. The van der Waals surface area contributed by atoms with Crippen molar-refractivity contribution in [3.8, 4) is 0 Å². The van der Waals surface area contributed by atoms with Crippen LogP contribution in [0.3, 0.4) is 0 Å². The Bertz CT molecular complexity index is 1160. The second kappa shape index (κ2) is 7.40. The zero-order valence-electron chi connectivity index (χ0n) is 16.1. The first-order chi connectivity index (χ1) is 14.4. The van der Waals surface area contributed by atoms with E-state index in [1.54, 1.807) is 24.3 Å². The number of rotatable bonds is 4. The Morgan fingerprint density at radius 1 is 0.867 bits per heavy atom. The topological polar surface area (TPSA) is 111 Å². The van der Waals surface area contributed by atoms with Gasteiger partial charge in [0.15, 0.2) is 0 Å². The molecule has 1 heterocycles. The molecule has 0 bridgehead atoms. The molecule has 150 valence electrons. The van der Waals surface area contributed by atoms with Crippen molar-refractivity contribution >= 4 is 28.5 Å². The number of nitro benzene ring substituents is 2. The van der Waals surface area contributed by atoms with Crippen LogP contribution >= 0.6 is 0 Å². The molecule has 0 amide bonds. The van der Waals surface area contributed by atoms with E-state index in [-0.39, 0.29) is 11.4 Å². The van der Waals surface area contributed by atoms with Gasteiger partial charge in [-0.1, -0.05) is 12.1 Å². The normalized spacial score (nSPS) is 17.8. The van der Waals surface area contributed by atoms with E-state index in [4.69, 9.17) is 4.99 Å². The zero-order valence-corrected chi connectivity index (χ0v) is 16.1. The molecule has 4 rings (SSSR count). The number of nitrogens with zero attached hydrogens (tertiary/aromatic N) is 3. The highest BCUT2D eigenvalue weighted by molar-refractivity contribution is 6.04. The lowest BCUT2D eigenvalue weighted by Crippen LogP contribution is -2.33. The smallest absolute Gasteiger partial charge is 0.269 e. The molecular weight excluding hydrogens is 384 g/mol. The monoisotopic (exact) mass is 402 g/mol. The number of benzene rings is 3. The summed E-state index contributed by atoms with van der Waals surface area (Å²) in [5.74, 6) is 0. The standard InChI is InChI=1S/C22H18N4O4/c1-22(16-8-12-18(13-9-16)26(29)30)14-21(15-6-10-17(11-7-15)25(27)28)23-19-4-2-3-5-20(19)24-22/h2-13,24H,14H2,1H3. The molecule has 0 aromatic heterocycles. The molecular formula is C22H18N4O4. The summed E-state index contributed by atoms with van der Waals surface area (Å²) < 4.78 is 0. The van der Waals surface area contributed by atoms with Crippen molar-refractivity contribution in [3.63, 3.8) is 0 Å². The Kier molecular flexibility index (Phi) is 4.75. The number of non-ortho nitro benzene ring substituents is 2. The van der Waals surface area contributed by atoms with Gasteiger partial charge in [0, 0.05) is 30.7 Å². The average molecular weight is 402 g/mol. The Balaban J connectivity index is 1.79. The number of aliphatic imine (C=N–C) groups is 1. The van der Waals surface area contributed by atoms with E-state index in [0.29, 0.717) is 6.42 Å². The van der Waals surface area contributed by atoms with Gasteiger partial charge in [-0.3, -0.25) is 25.2 Å². The van der Waals surface area contributed by atoms with Crippen molar-refractivity contribution in [2.24, 2.45) is 4.99 Å². The summed E-state index contributed by atoms with van der Waals surface area (Å²) in [6.07, 6.45) is 0.483. The largest absolute Gasteiger partial charge is 0.374 e. The van der Waals surface area contributed by atoms with Gasteiger partial charge >= 0.3 is 0 Å². The molecule has 0 spiro atoms. The minimum Gasteiger partial charge on any atom is -0.374 e. The number of hydrogen-bond acceptors (Lipinski definition) is 6. The number of fused-ring (bicyclic) bond motifs is 1. The number of nitro groups is 2. The second-order valence-corrected chi connectivity index (χ2v) is 7.32. The number of para-hydroxylation sites is 2. The van der Waals surface area contributed by atoms with Crippen LogP contribution in [0.5, 0.6) is 0 Å². The van der Waals surface area contributed by atoms with E-state index >= 15 is 0 Å². The van der Waals surface area contributed by atoms with Crippen LogP contribution in [0.25, 0.3) is 0 Å². The first-order valence-corrected chi connectivity index (χ1v) is 9.30. The van der Waals surface area contributed by atoms with E-state index < -0.39 is 15.4 Å². The molecule has 8 nitrogen and oxygen atoms in total. The van der Waals surface area contributed by atoms with Crippen molar-refractivity contribution in [3.05, 3.63) is 104 Å². The van der Waals surface area contributed by atoms with Gasteiger partial charge in [-0.2, -0.15) is 0 Å². The third-order valence-electron chi connectivity index (χ3n) is 5.22. The fourth-order valence-electron chi connectivity index (χ4n) is 3.61. The van der Waals surface area contributed by atoms with Gasteiger partial charge in [-0.25, -0.2) is 0 Å². The fourth-order valence-corrected chi connectivity index (χ4v) is 3.61. The molecule has 1 aliphatic heterocycles. The molecule has 0 radical (unpaired) electrons. The summed E-state index contributed by atoms with van der Waals surface area (Å²) in [5.41, 5.74) is 3.48. The maximum atomic E-state index is 11.0. The van der Waals surface area contributed by atoms with Crippen LogP contribution in [-0.4, -0.2) is 15.6 Å². The molecule has 0 aliphatic carbocycles.